The summed E-state index contributed by atoms with van der Waals surface area (Å²) in [7, 11) is 1.28. The van der Waals surface area contributed by atoms with Crippen LogP contribution in [-0.2, 0) is 11.2 Å². The number of hydrogen-bond donors (Lipinski definition) is 2. The molecule has 0 saturated carbocycles. The monoisotopic (exact) mass is 304 g/mol. The van der Waals surface area contributed by atoms with E-state index in [2.05, 4.69) is 14.9 Å². The third kappa shape index (κ3) is 3.56. The maximum absolute atomic E-state index is 12.2. The summed E-state index contributed by atoms with van der Waals surface area (Å²) < 4.78 is 46.2. The number of nitrogens with one attached hydrogen (secondary N) is 1. The smallest absolute Gasteiger partial charge is 0.422 e. The van der Waals surface area contributed by atoms with Crippen LogP contribution >= 0.6 is 0 Å². The van der Waals surface area contributed by atoms with Crippen molar-refractivity contribution in [3.8, 4) is 11.5 Å². The number of H-pyrrole nitrogens is 1. The van der Waals surface area contributed by atoms with Gasteiger partial charge in [-0.15, -0.1) is 0 Å². The highest BCUT2D eigenvalue weighted by atomic mass is 19.4. The largest absolute Gasteiger partial charge is 0.493 e. The van der Waals surface area contributed by atoms with Crippen molar-refractivity contribution in [2.24, 2.45) is 0 Å². The van der Waals surface area contributed by atoms with Gasteiger partial charge in [0.1, 0.15) is 0 Å². The average Bonchev–Trinajstić information content (AvgIpc) is 2.76. The van der Waals surface area contributed by atoms with Crippen molar-refractivity contribution < 1.29 is 32.5 Å². The number of carbonyl (C=O) groups is 1. The summed E-state index contributed by atoms with van der Waals surface area (Å²) in [5.74, 6) is -1.10. The number of benzene rings is 1. The second-order valence-corrected chi connectivity index (χ2v) is 4.20. The van der Waals surface area contributed by atoms with Crippen LogP contribution < -0.4 is 9.47 Å². The number of methoxy groups -OCH3 is 1. The van der Waals surface area contributed by atoms with Gasteiger partial charge in [-0.25, -0.2) is 0 Å². The maximum Gasteiger partial charge on any atom is 0.422 e. The number of nitrogens with zero attached hydrogens (tertiary/aromatic N) is 1. The highest BCUT2D eigenvalue weighted by Gasteiger charge is 2.29. The first-order valence-electron chi connectivity index (χ1n) is 5.76. The van der Waals surface area contributed by atoms with E-state index in [-0.39, 0.29) is 17.9 Å². The van der Waals surface area contributed by atoms with Gasteiger partial charge < -0.3 is 14.6 Å². The summed E-state index contributed by atoms with van der Waals surface area (Å²) in [5.41, 5.74) is 0.627. The van der Waals surface area contributed by atoms with E-state index in [0.29, 0.717) is 16.6 Å². The van der Waals surface area contributed by atoms with Gasteiger partial charge in [0.05, 0.1) is 24.7 Å². The molecule has 1 aromatic carbocycles. The normalized spacial score (nSPS) is 11.6. The Bertz CT molecular complexity index is 666. The minimum Gasteiger partial charge on any atom is -0.493 e. The van der Waals surface area contributed by atoms with E-state index < -0.39 is 18.8 Å². The van der Waals surface area contributed by atoms with Gasteiger partial charge in [0.2, 0.25) is 0 Å². The molecule has 9 heteroatoms. The van der Waals surface area contributed by atoms with E-state index in [4.69, 9.17) is 9.84 Å². The molecule has 0 bridgehead atoms. The van der Waals surface area contributed by atoms with Crippen molar-refractivity contribution >= 4 is 16.9 Å². The lowest BCUT2D eigenvalue weighted by molar-refractivity contribution is -0.153. The maximum atomic E-state index is 12.2. The molecule has 2 rings (SSSR count). The van der Waals surface area contributed by atoms with E-state index >= 15 is 0 Å². The molecule has 0 radical (unpaired) electrons. The summed E-state index contributed by atoms with van der Waals surface area (Å²) in [6, 6.07) is 2.66. The van der Waals surface area contributed by atoms with Crippen LogP contribution in [0.3, 0.4) is 0 Å². The molecule has 1 aromatic heterocycles. The summed E-state index contributed by atoms with van der Waals surface area (Å²) in [6.07, 6.45) is -4.76. The Labute approximate surface area is 116 Å². The van der Waals surface area contributed by atoms with Gasteiger partial charge in [-0.1, -0.05) is 0 Å². The van der Waals surface area contributed by atoms with Crippen LogP contribution in [-0.4, -0.2) is 41.2 Å². The van der Waals surface area contributed by atoms with Crippen LogP contribution in [0.15, 0.2) is 12.1 Å². The quantitative estimate of drug-likeness (QED) is 0.884. The van der Waals surface area contributed by atoms with Crippen LogP contribution in [0.5, 0.6) is 11.5 Å². The third-order valence-corrected chi connectivity index (χ3v) is 2.64. The zero-order chi connectivity index (χ0) is 15.6. The molecule has 2 N–H and O–H groups in total. The Morgan fingerprint density at radius 3 is 2.67 bits per heavy atom. The predicted octanol–water partition coefficient (Wildman–Crippen LogP) is 2.14. The minimum absolute atomic E-state index is 0.0692. The number of aromatic amines is 1. The number of carboxylic acids is 1. The van der Waals surface area contributed by atoms with Crippen LogP contribution in [0.25, 0.3) is 10.9 Å². The molecule has 0 aliphatic carbocycles. The third-order valence-electron chi connectivity index (χ3n) is 2.64. The first-order chi connectivity index (χ1) is 9.80. The SMILES string of the molecule is COc1cc2c(CC(=O)O)[nH]nc2cc1OCC(F)(F)F. The van der Waals surface area contributed by atoms with Gasteiger partial charge >= 0.3 is 12.1 Å². The van der Waals surface area contributed by atoms with Gasteiger partial charge in [0, 0.05) is 11.5 Å². The standard InChI is InChI=1S/C12H11F3N2O4/c1-20-9-2-6-7(16-17-8(6)4-11(18)19)3-10(9)21-5-12(13,14)15/h2-3H,4-5H2,1H3,(H,16,17)(H,18,19). The van der Waals surface area contributed by atoms with Crippen molar-refractivity contribution in [1.29, 1.82) is 0 Å². The number of aliphatic carboxylic acids is 1. The average molecular weight is 304 g/mol. The Hall–Kier alpha value is -2.45. The highest BCUT2D eigenvalue weighted by Crippen LogP contribution is 2.34. The molecular formula is C12H11F3N2O4. The van der Waals surface area contributed by atoms with Gasteiger partial charge in [-0.2, -0.15) is 18.3 Å². The molecule has 21 heavy (non-hydrogen) atoms. The number of carboxylic acid groups (broad SMARTS) is 1. The number of ether oxygens (including phenoxy) is 2. The molecule has 0 amide bonds. The van der Waals surface area contributed by atoms with E-state index in [1.165, 1.54) is 19.2 Å². The number of aromatic nitrogens is 2. The lowest BCUT2D eigenvalue weighted by Gasteiger charge is -2.12. The van der Waals surface area contributed by atoms with Crippen molar-refractivity contribution in [3.05, 3.63) is 17.8 Å². The fourth-order valence-electron chi connectivity index (χ4n) is 1.79. The van der Waals surface area contributed by atoms with Gasteiger partial charge in [-0.05, 0) is 6.07 Å². The Morgan fingerprint density at radius 1 is 1.38 bits per heavy atom. The van der Waals surface area contributed by atoms with E-state index in [1.54, 1.807) is 0 Å². The minimum atomic E-state index is -4.47. The molecule has 0 atom stereocenters. The van der Waals surface area contributed by atoms with Crippen LogP contribution in [0.1, 0.15) is 5.69 Å². The highest BCUT2D eigenvalue weighted by molar-refractivity contribution is 5.87. The topological polar surface area (TPSA) is 84.4 Å². The lowest BCUT2D eigenvalue weighted by atomic mass is 10.1. The summed E-state index contributed by atoms with van der Waals surface area (Å²) >= 11 is 0. The molecule has 0 spiro atoms. The number of alkyl halides is 3. The molecule has 2 aromatic rings. The van der Waals surface area contributed by atoms with Crippen molar-refractivity contribution in [2.75, 3.05) is 13.7 Å². The second-order valence-electron chi connectivity index (χ2n) is 4.20. The first-order valence-corrected chi connectivity index (χ1v) is 5.76. The molecule has 0 aliphatic heterocycles. The molecule has 0 aliphatic rings. The van der Waals surface area contributed by atoms with Crippen molar-refractivity contribution in [2.45, 2.75) is 12.6 Å². The van der Waals surface area contributed by atoms with E-state index in [9.17, 15) is 18.0 Å². The molecular weight excluding hydrogens is 293 g/mol. The van der Waals surface area contributed by atoms with E-state index in [1.807, 2.05) is 0 Å². The zero-order valence-corrected chi connectivity index (χ0v) is 10.8. The Balaban J connectivity index is 2.37. The molecule has 114 valence electrons. The second kappa shape index (κ2) is 5.51. The molecule has 0 fully saturated rings. The summed E-state index contributed by atoms with van der Waals surface area (Å²) in [5, 5.41) is 15.6. The summed E-state index contributed by atoms with van der Waals surface area (Å²) in [4.78, 5) is 10.7. The lowest BCUT2D eigenvalue weighted by Crippen LogP contribution is -2.19. The Kier molecular flexibility index (Phi) is 3.92. The molecule has 6 nitrogen and oxygen atoms in total. The van der Waals surface area contributed by atoms with Gasteiger partial charge in [0.25, 0.3) is 0 Å². The fraction of sp³-hybridized carbons (Fsp3) is 0.333. The summed E-state index contributed by atoms with van der Waals surface area (Å²) in [6.45, 7) is -1.46. The van der Waals surface area contributed by atoms with Gasteiger partial charge in [0.15, 0.2) is 18.1 Å². The van der Waals surface area contributed by atoms with Crippen molar-refractivity contribution in [1.82, 2.24) is 10.2 Å². The van der Waals surface area contributed by atoms with Crippen molar-refractivity contribution in [3.63, 3.8) is 0 Å². The Morgan fingerprint density at radius 2 is 2.10 bits per heavy atom. The van der Waals surface area contributed by atoms with Crippen LogP contribution in [0.2, 0.25) is 0 Å². The number of hydrogen-bond acceptors (Lipinski definition) is 4. The van der Waals surface area contributed by atoms with E-state index in [0.717, 1.165) is 0 Å². The number of halogens is 3. The molecule has 0 unspecified atom stereocenters. The van der Waals surface area contributed by atoms with Gasteiger partial charge in [-0.3, -0.25) is 9.89 Å². The zero-order valence-electron chi connectivity index (χ0n) is 10.8. The first kappa shape index (κ1) is 14.9. The molecule has 1 heterocycles. The van der Waals surface area contributed by atoms with Crippen LogP contribution in [0, 0.1) is 0 Å². The fourth-order valence-corrected chi connectivity index (χ4v) is 1.79. The number of fused-ring (bicyclic) bond motifs is 1. The molecule has 0 saturated heterocycles. The predicted molar refractivity (Wildman–Crippen MR) is 65.5 cm³/mol. The number of rotatable bonds is 5. The van der Waals surface area contributed by atoms with Crippen LogP contribution in [0.4, 0.5) is 13.2 Å².